The maximum absolute atomic E-state index is 11.6. The number of hydrogen-bond acceptors (Lipinski definition) is 3. The van der Waals surface area contributed by atoms with E-state index in [4.69, 9.17) is 4.74 Å². The zero-order chi connectivity index (χ0) is 14.7. The van der Waals surface area contributed by atoms with Crippen molar-refractivity contribution >= 4 is 16.7 Å². The highest BCUT2D eigenvalue weighted by molar-refractivity contribution is 5.95. The summed E-state index contributed by atoms with van der Waals surface area (Å²) in [6.45, 7) is 1.86. The Morgan fingerprint density at radius 1 is 1.05 bits per heavy atom. The van der Waals surface area contributed by atoms with E-state index in [9.17, 15) is 4.79 Å². The van der Waals surface area contributed by atoms with Gasteiger partial charge in [-0.2, -0.15) is 0 Å². The molecule has 0 N–H and O–H groups in total. The van der Waals surface area contributed by atoms with Gasteiger partial charge in [0.2, 0.25) is 0 Å². The van der Waals surface area contributed by atoms with Crippen molar-refractivity contribution in [2.45, 2.75) is 13.3 Å². The molecule has 0 amide bonds. The molecule has 0 radical (unpaired) electrons. The van der Waals surface area contributed by atoms with Gasteiger partial charge in [-0.15, -0.1) is 0 Å². The molecule has 0 saturated carbocycles. The molecule has 104 valence electrons. The minimum atomic E-state index is 0.135. The van der Waals surface area contributed by atoms with Crippen LogP contribution < -0.4 is 4.74 Å². The van der Waals surface area contributed by atoms with E-state index in [-0.39, 0.29) is 5.78 Å². The number of ether oxygens (including phenoxy) is 1. The van der Waals surface area contributed by atoms with Crippen LogP contribution in [0.15, 0.2) is 60.8 Å². The van der Waals surface area contributed by atoms with Crippen LogP contribution in [0.2, 0.25) is 0 Å². The van der Waals surface area contributed by atoms with Gasteiger partial charge in [-0.3, -0.25) is 9.78 Å². The second-order valence-electron chi connectivity index (χ2n) is 4.73. The number of nitrogens with zero attached hydrogens (tertiary/aromatic N) is 1. The van der Waals surface area contributed by atoms with Gasteiger partial charge in [0.25, 0.3) is 0 Å². The Morgan fingerprint density at radius 2 is 1.86 bits per heavy atom. The summed E-state index contributed by atoms with van der Waals surface area (Å²) in [5, 5.41) is 0.966. The number of ketones is 1. The van der Waals surface area contributed by atoms with Crippen LogP contribution in [0, 0.1) is 0 Å². The average Bonchev–Trinajstić information content (AvgIpc) is 2.55. The number of aromatic nitrogens is 1. The molecule has 3 rings (SSSR count). The van der Waals surface area contributed by atoms with E-state index in [0.29, 0.717) is 17.7 Å². The first-order chi connectivity index (χ1) is 10.3. The lowest BCUT2D eigenvalue weighted by molar-refractivity contribution is 0.0988. The molecular weight excluding hydrogens is 262 g/mol. The zero-order valence-corrected chi connectivity index (χ0v) is 11.7. The Kier molecular flexibility index (Phi) is 3.65. The number of rotatable bonds is 4. The van der Waals surface area contributed by atoms with Gasteiger partial charge < -0.3 is 4.74 Å². The van der Waals surface area contributed by atoms with E-state index in [1.807, 2.05) is 49.4 Å². The van der Waals surface area contributed by atoms with Crippen LogP contribution >= 0.6 is 0 Å². The molecule has 0 unspecified atom stereocenters. The maximum Gasteiger partial charge on any atom is 0.162 e. The molecule has 21 heavy (non-hydrogen) atoms. The van der Waals surface area contributed by atoms with Gasteiger partial charge in [-0.05, 0) is 48.5 Å². The molecule has 0 atom stereocenters. The number of carbonyl (C=O) groups excluding carboxylic acids is 1. The van der Waals surface area contributed by atoms with Crippen molar-refractivity contribution in [1.29, 1.82) is 0 Å². The summed E-state index contributed by atoms with van der Waals surface area (Å²) < 4.78 is 5.91. The molecule has 0 fully saturated rings. The van der Waals surface area contributed by atoms with Gasteiger partial charge in [0, 0.05) is 23.6 Å². The fraction of sp³-hybridized carbons (Fsp3) is 0.111. The van der Waals surface area contributed by atoms with E-state index in [2.05, 4.69) is 4.98 Å². The number of fused-ring (bicyclic) bond motifs is 1. The minimum absolute atomic E-state index is 0.135. The Labute approximate surface area is 123 Å². The fourth-order valence-electron chi connectivity index (χ4n) is 2.20. The van der Waals surface area contributed by atoms with Gasteiger partial charge in [-0.25, -0.2) is 0 Å². The number of benzene rings is 2. The molecule has 1 aromatic heterocycles. The second-order valence-corrected chi connectivity index (χ2v) is 4.73. The first-order valence-electron chi connectivity index (χ1n) is 6.93. The lowest BCUT2D eigenvalue weighted by atomic mass is 10.1. The van der Waals surface area contributed by atoms with E-state index in [1.165, 1.54) is 0 Å². The molecule has 0 aliphatic heterocycles. The van der Waals surface area contributed by atoms with Crippen molar-refractivity contribution in [3.8, 4) is 11.5 Å². The van der Waals surface area contributed by atoms with Crippen LogP contribution in [0.25, 0.3) is 10.9 Å². The summed E-state index contributed by atoms with van der Waals surface area (Å²) in [5.74, 6) is 1.60. The SMILES string of the molecule is CCC(=O)c1ccc(Oc2cccc3ncccc23)cc1. The Morgan fingerprint density at radius 3 is 2.62 bits per heavy atom. The van der Waals surface area contributed by atoms with Crippen LogP contribution in [0.4, 0.5) is 0 Å². The largest absolute Gasteiger partial charge is 0.457 e. The molecule has 0 aliphatic carbocycles. The summed E-state index contributed by atoms with van der Waals surface area (Å²) in [6.07, 6.45) is 2.27. The van der Waals surface area contributed by atoms with E-state index in [0.717, 1.165) is 16.7 Å². The Balaban J connectivity index is 1.90. The monoisotopic (exact) mass is 277 g/mol. The predicted molar refractivity (Wildman–Crippen MR) is 82.9 cm³/mol. The highest BCUT2D eigenvalue weighted by atomic mass is 16.5. The van der Waals surface area contributed by atoms with Gasteiger partial charge in [0.15, 0.2) is 5.78 Å². The molecule has 0 saturated heterocycles. The number of pyridine rings is 1. The lowest BCUT2D eigenvalue weighted by Gasteiger charge is -2.09. The third-order valence-corrected chi connectivity index (χ3v) is 3.33. The van der Waals surface area contributed by atoms with E-state index in [1.54, 1.807) is 18.3 Å². The fourth-order valence-corrected chi connectivity index (χ4v) is 2.20. The van der Waals surface area contributed by atoms with Crippen LogP contribution in [0.1, 0.15) is 23.7 Å². The van der Waals surface area contributed by atoms with Gasteiger partial charge >= 0.3 is 0 Å². The summed E-state index contributed by atoms with van der Waals surface area (Å²) in [4.78, 5) is 15.9. The van der Waals surface area contributed by atoms with Gasteiger partial charge in [-0.1, -0.05) is 13.0 Å². The molecule has 3 aromatic rings. The molecule has 0 spiro atoms. The average molecular weight is 277 g/mol. The second kappa shape index (κ2) is 5.75. The predicted octanol–water partition coefficient (Wildman–Crippen LogP) is 4.62. The van der Waals surface area contributed by atoms with E-state index < -0.39 is 0 Å². The molecule has 3 heteroatoms. The number of hydrogen-bond donors (Lipinski definition) is 0. The maximum atomic E-state index is 11.6. The molecule has 2 aromatic carbocycles. The minimum Gasteiger partial charge on any atom is -0.457 e. The van der Waals surface area contributed by atoms with Gasteiger partial charge in [0.1, 0.15) is 11.5 Å². The number of Topliss-reactive ketones (excluding diaryl/α,β-unsaturated/α-hetero) is 1. The van der Waals surface area contributed by atoms with Gasteiger partial charge in [0.05, 0.1) is 5.52 Å². The molecule has 0 bridgehead atoms. The Bertz CT molecular complexity index is 773. The summed E-state index contributed by atoms with van der Waals surface area (Å²) in [7, 11) is 0. The first kappa shape index (κ1) is 13.3. The summed E-state index contributed by atoms with van der Waals surface area (Å²) >= 11 is 0. The number of carbonyl (C=O) groups is 1. The quantitative estimate of drug-likeness (QED) is 0.653. The molecule has 1 heterocycles. The third kappa shape index (κ3) is 2.77. The van der Waals surface area contributed by atoms with Crippen molar-refractivity contribution in [3.05, 3.63) is 66.4 Å². The standard InChI is InChI=1S/C18H15NO2/c1-2-17(20)13-8-10-14(11-9-13)21-18-7-3-6-16-15(18)5-4-12-19-16/h3-12H,2H2,1H3. The molecule has 0 aliphatic rings. The molecular formula is C18H15NO2. The van der Waals surface area contributed by atoms with Crippen molar-refractivity contribution in [2.24, 2.45) is 0 Å². The van der Waals surface area contributed by atoms with Crippen LogP contribution in [0.3, 0.4) is 0 Å². The van der Waals surface area contributed by atoms with Crippen molar-refractivity contribution in [1.82, 2.24) is 4.98 Å². The summed E-state index contributed by atoms with van der Waals surface area (Å²) in [5.41, 5.74) is 1.61. The van der Waals surface area contributed by atoms with Crippen molar-refractivity contribution in [3.63, 3.8) is 0 Å². The molecule has 3 nitrogen and oxygen atoms in total. The summed E-state index contributed by atoms with van der Waals surface area (Å²) in [6, 6.07) is 16.9. The topological polar surface area (TPSA) is 39.2 Å². The van der Waals surface area contributed by atoms with Crippen LogP contribution in [-0.2, 0) is 0 Å². The highest BCUT2D eigenvalue weighted by Crippen LogP contribution is 2.28. The van der Waals surface area contributed by atoms with Crippen LogP contribution in [0.5, 0.6) is 11.5 Å². The van der Waals surface area contributed by atoms with Crippen molar-refractivity contribution in [2.75, 3.05) is 0 Å². The third-order valence-electron chi connectivity index (χ3n) is 3.33. The zero-order valence-electron chi connectivity index (χ0n) is 11.7. The first-order valence-corrected chi connectivity index (χ1v) is 6.93. The normalized spacial score (nSPS) is 10.5. The lowest BCUT2D eigenvalue weighted by Crippen LogP contribution is -1.95. The van der Waals surface area contributed by atoms with Crippen molar-refractivity contribution < 1.29 is 9.53 Å². The van der Waals surface area contributed by atoms with E-state index >= 15 is 0 Å². The smallest absolute Gasteiger partial charge is 0.162 e. The highest BCUT2D eigenvalue weighted by Gasteiger charge is 2.06. The Hall–Kier alpha value is -2.68. The van der Waals surface area contributed by atoms with Crippen LogP contribution in [-0.4, -0.2) is 10.8 Å².